The number of halogens is 1. The summed E-state index contributed by atoms with van der Waals surface area (Å²) in [6.07, 6.45) is 5.39. The molecule has 6 nitrogen and oxygen atoms in total. The average molecular weight is 350 g/mol. The summed E-state index contributed by atoms with van der Waals surface area (Å²) in [5, 5.41) is 8.23. The number of carbonyl (C=O) groups is 2. The molecular weight excluding hydrogens is 335 g/mol. The zero-order valence-corrected chi connectivity index (χ0v) is 13.6. The second-order valence-corrected chi connectivity index (χ2v) is 5.67. The van der Waals surface area contributed by atoms with E-state index in [2.05, 4.69) is 16.3 Å². The lowest BCUT2D eigenvalue weighted by molar-refractivity contribution is -0.119. The number of benzene rings is 2. The van der Waals surface area contributed by atoms with Crippen molar-refractivity contribution in [1.29, 1.82) is 0 Å². The highest BCUT2D eigenvalue weighted by atomic mass is 19.1. The van der Waals surface area contributed by atoms with Gasteiger partial charge in [0.2, 0.25) is 5.91 Å². The minimum atomic E-state index is -0.821. The maximum absolute atomic E-state index is 13.1. The Labute approximate surface area is 149 Å². The fourth-order valence-corrected chi connectivity index (χ4v) is 2.59. The SMILES string of the molecule is C#Cc1cccc(NC(=O)C2=NN(c3ccc(F)cc3)[C@@H](C(N)=O)C2)c1. The van der Waals surface area contributed by atoms with Crippen LogP contribution in [0.25, 0.3) is 0 Å². The van der Waals surface area contributed by atoms with Crippen LogP contribution in [-0.2, 0) is 9.59 Å². The maximum atomic E-state index is 13.1. The summed E-state index contributed by atoms with van der Waals surface area (Å²) in [4.78, 5) is 24.2. The van der Waals surface area contributed by atoms with Crippen LogP contribution in [0.1, 0.15) is 12.0 Å². The topological polar surface area (TPSA) is 87.8 Å². The fourth-order valence-electron chi connectivity index (χ4n) is 2.59. The van der Waals surface area contributed by atoms with Gasteiger partial charge in [-0.1, -0.05) is 12.0 Å². The van der Waals surface area contributed by atoms with Gasteiger partial charge >= 0.3 is 0 Å². The summed E-state index contributed by atoms with van der Waals surface area (Å²) in [6, 6.07) is 11.4. The van der Waals surface area contributed by atoms with Crippen LogP contribution in [0.5, 0.6) is 0 Å². The van der Waals surface area contributed by atoms with Crippen molar-refractivity contribution in [3.8, 4) is 12.3 Å². The zero-order valence-electron chi connectivity index (χ0n) is 13.6. The minimum absolute atomic E-state index is 0.0490. The smallest absolute Gasteiger partial charge is 0.271 e. The summed E-state index contributed by atoms with van der Waals surface area (Å²) in [5.41, 5.74) is 7.18. The molecular formula is C19H15FN4O2. The molecule has 3 rings (SSSR count). The van der Waals surface area contributed by atoms with E-state index < -0.39 is 23.7 Å². The lowest BCUT2D eigenvalue weighted by atomic mass is 10.1. The van der Waals surface area contributed by atoms with E-state index in [0.717, 1.165) is 0 Å². The maximum Gasteiger partial charge on any atom is 0.271 e. The Hall–Kier alpha value is -3.66. The number of nitrogens with one attached hydrogen (secondary N) is 1. The van der Waals surface area contributed by atoms with Crippen molar-refractivity contribution in [3.05, 3.63) is 59.9 Å². The molecule has 1 heterocycles. The Kier molecular flexibility index (Phi) is 4.67. The van der Waals surface area contributed by atoms with Crippen molar-refractivity contribution in [3.63, 3.8) is 0 Å². The van der Waals surface area contributed by atoms with E-state index >= 15 is 0 Å². The number of rotatable bonds is 4. The van der Waals surface area contributed by atoms with Crippen molar-refractivity contribution in [2.24, 2.45) is 10.8 Å². The molecule has 7 heteroatoms. The average Bonchev–Trinajstić information content (AvgIpc) is 3.08. The summed E-state index contributed by atoms with van der Waals surface area (Å²) < 4.78 is 13.1. The van der Waals surface area contributed by atoms with E-state index in [-0.39, 0.29) is 12.1 Å². The van der Waals surface area contributed by atoms with E-state index in [1.54, 1.807) is 24.3 Å². The Morgan fingerprint density at radius 2 is 2.00 bits per heavy atom. The Balaban J connectivity index is 1.83. The molecule has 1 aliphatic heterocycles. The number of nitrogens with zero attached hydrogens (tertiary/aromatic N) is 2. The molecule has 0 bridgehead atoms. The number of nitrogens with two attached hydrogens (primary N) is 1. The van der Waals surface area contributed by atoms with Crippen LogP contribution in [0.3, 0.4) is 0 Å². The molecule has 2 amide bonds. The first-order valence-corrected chi connectivity index (χ1v) is 7.77. The standard InChI is InChI=1S/C19H15FN4O2/c1-2-12-4-3-5-14(10-12)22-19(26)16-11-17(18(21)25)24(23-16)15-8-6-13(20)7-9-15/h1,3-10,17H,11H2,(H2,21,25)(H,22,26)/t17-/m1/s1. The molecule has 0 saturated carbocycles. The largest absolute Gasteiger partial charge is 0.368 e. The lowest BCUT2D eigenvalue weighted by Crippen LogP contribution is -2.39. The first kappa shape index (κ1) is 17.2. The predicted octanol–water partition coefficient (Wildman–Crippen LogP) is 1.87. The molecule has 0 unspecified atom stereocenters. The van der Waals surface area contributed by atoms with E-state index in [1.165, 1.54) is 29.3 Å². The molecule has 2 aromatic rings. The van der Waals surface area contributed by atoms with Crippen LogP contribution >= 0.6 is 0 Å². The quantitative estimate of drug-likeness (QED) is 0.825. The summed E-state index contributed by atoms with van der Waals surface area (Å²) in [5.74, 6) is 0.974. The van der Waals surface area contributed by atoms with Crippen LogP contribution in [-0.4, -0.2) is 23.6 Å². The molecule has 0 spiro atoms. The second-order valence-electron chi connectivity index (χ2n) is 5.67. The van der Waals surface area contributed by atoms with Crippen LogP contribution in [0.4, 0.5) is 15.8 Å². The van der Waals surface area contributed by atoms with Crippen molar-refractivity contribution < 1.29 is 14.0 Å². The molecule has 1 aliphatic rings. The van der Waals surface area contributed by atoms with Crippen LogP contribution < -0.4 is 16.1 Å². The van der Waals surface area contributed by atoms with Gasteiger partial charge in [-0.15, -0.1) is 6.42 Å². The van der Waals surface area contributed by atoms with Gasteiger partial charge in [0.15, 0.2) is 0 Å². The second kappa shape index (κ2) is 7.07. The molecule has 2 aromatic carbocycles. The van der Waals surface area contributed by atoms with Crippen LogP contribution in [0.15, 0.2) is 53.6 Å². The number of hydrogen-bond donors (Lipinski definition) is 2. The number of hydrogen-bond acceptors (Lipinski definition) is 4. The van der Waals surface area contributed by atoms with Crippen LogP contribution in [0.2, 0.25) is 0 Å². The first-order chi connectivity index (χ1) is 12.5. The van der Waals surface area contributed by atoms with Gasteiger partial charge in [0.25, 0.3) is 5.91 Å². The normalized spacial score (nSPS) is 15.9. The van der Waals surface area contributed by atoms with Gasteiger partial charge in [-0.2, -0.15) is 5.10 Å². The number of primary amides is 1. The van der Waals surface area contributed by atoms with Gasteiger partial charge in [0, 0.05) is 17.7 Å². The van der Waals surface area contributed by atoms with Gasteiger partial charge in [-0.3, -0.25) is 14.6 Å². The first-order valence-electron chi connectivity index (χ1n) is 7.77. The molecule has 0 fully saturated rings. The van der Waals surface area contributed by atoms with Gasteiger partial charge in [0.1, 0.15) is 17.6 Å². The number of hydrazone groups is 1. The van der Waals surface area contributed by atoms with Crippen LogP contribution in [0, 0.1) is 18.2 Å². The van der Waals surface area contributed by atoms with Gasteiger partial charge in [0.05, 0.1) is 5.69 Å². The summed E-state index contributed by atoms with van der Waals surface area (Å²) >= 11 is 0. The van der Waals surface area contributed by atoms with Crippen molar-refractivity contribution in [1.82, 2.24) is 0 Å². The molecule has 0 aliphatic carbocycles. The molecule has 0 radical (unpaired) electrons. The minimum Gasteiger partial charge on any atom is -0.368 e. The molecule has 0 saturated heterocycles. The Morgan fingerprint density at radius 1 is 1.27 bits per heavy atom. The van der Waals surface area contributed by atoms with E-state index in [9.17, 15) is 14.0 Å². The van der Waals surface area contributed by atoms with Gasteiger partial charge in [-0.05, 0) is 42.5 Å². The van der Waals surface area contributed by atoms with Gasteiger partial charge in [-0.25, -0.2) is 4.39 Å². The molecule has 1 atom stereocenters. The fraction of sp³-hybridized carbons (Fsp3) is 0.105. The predicted molar refractivity (Wildman–Crippen MR) is 96.9 cm³/mol. The molecule has 3 N–H and O–H groups in total. The highest BCUT2D eigenvalue weighted by Gasteiger charge is 2.35. The number of carbonyl (C=O) groups excluding carboxylic acids is 2. The van der Waals surface area contributed by atoms with E-state index in [4.69, 9.17) is 12.2 Å². The highest BCUT2D eigenvalue weighted by molar-refractivity contribution is 6.44. The zero-order chi connectivity index (χ0) is 18.7. The third-order valence-electron chi connectivity index (χ3n) is 3.88. The lowest BCUT2D eigenvalue weighted by Gasteiger charge is -2.20. The van der Waals surface area contributed by atoms with E-state index in [1.807, 2.05) is 0 Å². The monoisotopic (exact) mass is 350 g/mol. The van der Waals surface area contributed by atoms with Crippen molar-refractivity contribution >= 4 is 28.9 Å². The van der Waals surface area contributed by atoms with Crippen molar-refractivity contribution in [2.45, 2.75) is 12.5 Å². The molecule has 130 valence electrons. The molecule has 26 heavy (non-hydrogen) atoms. The Morgan fingerprint density at radius 3 is 2.65 bits per heavy atom. The molecule has 0 aromatic heterocycles. The third-order valence-corrected chi connectivity index (χ3v) is 3.88. The highest BCUT2D eigenvalue weighted by Crippen LogP contribution is 2.25. The number of anilines is 2. The number of terminal acetylenes is 1. The Bertz CT molecular complexity index is 931. The number of amides is 2. The summed E-state index contributed by atoms with van der Waals surface area (Å²) in [6.45, 7) is 0. The summed E-state index contributed by atoms with van der Waals surface area (Å²) in [7, 11) is 0. The van der Waals surface area contributed by atoms with Gasteiger partial charge < -0.3 is 11.1 Å². The van der Waals surface area contributed by atoms with Crippen molar-refractivity contribution in [2.75, 3.05) is 10.3 Å². The third kappa shape index (κ3) is 3.54. The van der Waals surface area contributed by atoms with E-state index in [0.29, 0.717) is 16.9 Å².